The predicted molar refractivity (Wildman–Crippen MR) is 90.8 cm³/mol. The minimum Gasteiger partial charge on any atom is -0.378 e. The van der Waals surface area contributed by atoms with E-state index in [-0.39, 0.29) is 5.50 Å². The second-order valence-electron chi connectivity index (χ2n) is 5.11. The van der Waals surface area contributed by atoms with Gasteiger partial charge in [0.2, 0.25) is 0 Å². The standard InChI is InChI=1S/C15H23N5S/c1-19(2)14-7-5-13(6-8-14)17-18-15-20(11-12-21-15)10-4-3-9-16/h5-8,11-12,15H,3-4,9-10,16H2,1-2H3/b18-17+. The SMILES string of the molecule is CN(C)c1ccc(/N=N/C2SC=CN2CCCCN)cc1. The van der Waals surface area contributed by atoms with E-state index in [0.717, 1.165) is 37.3 Å². The van der Waals surface area contributed by atoms with Gasteiger partial charge in [0, 0.05) is 32.5 Å². The number of unbranched alkanes of at least 4 members (excludes halogenated alkanes) is 1. The highest BCUT2D eigenvalue weighted by Gasteiger charge is 2.18. The Morgan fingerprint density at radius 3 is 2.67 bits per heavy atom. The van der Waals surface area contributed by atoms with Gasteiger partial charge in [0.25, 0.3) is 0 Å². The van der Waals surface area contributed by atoms with Gasteiger partial charge in [-0.2, -0.15) is 10.2 Å². The molecule has 1 aliphatic heterocycles. The highest BCUT2D eigenvalue weighted by Crippen LogP contribution is 2.28. The lowest BCUT2D eigenvalue weighted by atomic mass is 10.3. The highest BCUT2D eigenvalue weighted by molar-refractivity contribution is 8.02. The maximum atomic E-state index is 5.53. The van der Waals surface area contributed by atoms with Crippen LogP contribution in [0.1, 0.15) is 12.8 Å². The van der Waals surface area contributed by atoms with Gasteiger partial charge >= 0.3 is 0 Å². The zero-order valence-electron chi connectivity index (χ0n) is 12.6. The summed E-state index contributed by atoms with van der Waals surface area (Å²) in [7, 11) is 4.05. The van der Waals surface area contributed by atoms with Crippen LogP contribution in [0, 0.1) is 0 Å². The monoisotopic (exact) mass is 305 g/mol. The van der Waals surface area contributed by atoms with Crippen molar-refractivity contribution in [2.75, 3.05) is 32.1 Å². The molecule has 1 heterocycles. The zero-order valence-corrected chi connectivity index (χ0v) is 13.5. The zero-order chi connectivity index (χ0) is 15.1. The summed E-state index contributed by atoms with van der Waals surface area (Å²) in [4.78, 5) is 4.27. The number of nitrogens with two attached hydrogens (primary N) is 1. The number of rotatable bonds is 7. The van der Waals surface area contributed by atoms with E-state index in [1.165, 1.54) is 0 Å². The van der Waals surface area contributed by atoms with E-state index in [9.17, 15) is 0 Å². The molecule has 0 amide bonds. The van der Waals surface area contributed by atoms with Gasteiger partial charge in [0.1, 0.15) is 0 Å². The van der Waals surface area contributed by atoms with Crippen molar-refractivity contribution >= 4 is 23.1 Å². The lowest BCUT2D eigenvalue weighted by Crippen LogP contribution is -2.24. The fourth-order valence-electron chi connectivity index (χ4n) is 1.99. The van der Waals surface area contributed by atoms with Crippen molar-refractivity contribution in [1.29, 1.82) is 0 Å². The first-order valence-electron chi connectivity index (χ1n) is 7.17. The van der Waals surface area contributed by atoms with E-state index in [1.54, 1.807) is 11.8 Å². The molecule has 114 valence electrons. The van der Waals surface area contributed by atoms with E-state index in [1.807, 2.05) is 38.4 Å². The van der Waals surface area contributed by atoms with Crippen molar-refractivity contribution in [3.8, 4) is 0 Å². The number of hydrogen-bond acceptors (Lipinski definition) is 6. The van der Waals surface area contributed by atoms with Crippen LogP contribution in [0.15, 0.2) is 46.1 Å². The molecule has 2 N–H and O–H groups in total. The third-order valence-corrected chi connectivity index (χ3v) is 4.13. The third-order valence-electron chi connectivity index (χ3n) is 3.24. The quantitative estimate of drug-likeness (QED) is 0.620. The van der Waals surface area contributed by atoms with Crippen LogP contribution in [0.5, 0.6) is 0 Å². The number of anilines is 1. The van der Waals surface area contributed by atoms with Crippen LogP contribution in [0.25, 0.3) is 0 Å². The summed E-state index contributed by atoms with van der Waals surface area (Å²) in [6, 6.07) is 8.08. The molecule has 5 nitrogen and oxygen atoms in total. The first-order chi connectivity index (χ1) is 10.2. The van der Waals surface area contributed by atoms with Gasteiger partial charge in [-0.25, -0.2) is 0 Å². The molecule has 1 atom stereocenters. The second kappa shape index (κ2) is 8.05. The molecule has 0 saturated heterocycles. The predicted octanol–water partition coefficient (Wildman–Crippen LogP) is 3.38. The Bertz CT molecular complexity index is 483. The minimum absolute atomic E-state index is 0.0521. The summed E-state index contributed by atoms with van der Waals surface area (Å²) < 4.78 is 0. The van der Waals surface area contributed by atoms with E-state index >= 15 is 0 Å². The molecule has 0 fully saturated rings. The van der Waals surface area contributed by atoms with Crippen molar-refractivity contribution in [2.45, 2.75) is 18.3 Å². The van der Waals surface area contributed by atoms with E-state index < -0.39 is 0 Å². The van der Waals surface area contributed by atoms with Crippen LogP contribution in [-0.2, 0) is 0 Å². The van der Waals surface area contributed by atoms with Gasteiger partial charge in [-0.3, -0.25) is 0 Å². The normalized spacial score (nSPS) is 17.9. The fourth-order valence-corrected chi connectivity index (χ4v) is 2.79. The van der Waals surface area contributed by atoms with Crippen LogP contribution >= 0.6 is 11.8 Å². The molecular formula is C15H23N5S. The molecule has 1 aromatic rings. The summed E-state index contributed by atoms with van der Waals surface area (Å²) in [6.45, 7) is 1.72. The lowest BCUT2D eigenvalue weighted by molar-refractivity contribution is 0.352. The molecule has 0 aliphatic carbocycles. The number of thioether (sulfide) groups is 1. The molecule has 0 spiro atoms. The largest absolute Gasteiger partial charge is 0.378 e. The van der Waals surface area contributed by atoms with Gasteiger partial charge in [0.05, 0.1) is 5.69 Å². The van der Waals surface area contributed by atoms with Crippen molar-refractivity contribution in [1.82, 2.24) is 4.90 Å². The molecule has 0 bridgehead atoms. The Kier molecular flexibility index (Phi) is 6.07. The van der Waals surface area contributed by atoms with E-state index in [0.29, 0.717) is 0 Å². The summed E-state index contributed by atoms with van der Waals surface area (Å²) in [5.41, 5.74) is 7.63. The second-order valence-corrected chi connectivity index (χ2v) is 6.07. The summed E-state index contributed by atoms with van der Waals surface area (Å²) in [5.74, 6) is 0. The molecule has 2 rings (SSSR count). The number of azo groups is 1. The summed E-state index contributed by atoms with van der Waals surface area (Å²) in [6.07, 6.45) is 4.22. The van der Waals surface area contributed by atoms with Gasteiger partial charge in [-0.15, -0.1) is 0 Å². The van der Waals surface area contributed by atoms with Crippen LogP contribution in [0.3, 0.4) is 0 Å². The maximum Gasteiger partial charge on any atom is 0.193 e. The molecule has 6 heteroatoms. The first kappa shape index (κ1) is 15.9. The molecule has 0 aromatic heterocycles. The average molecular weight is 305 g/mol. The van der Waals surface area contributed by atoms with Crippen LogP contribution in [0.2, 0.25) is 0 Å². The smallest absolute Gasteiger partial charge is 0.193 e. The minimum atomic E-state index is 0.0521. The van der Waals surface area contributed by atoms with Gasteiger partial charge in [-0.05, 0) is 49.1 Å². The van der Waals surface area contributed by atoms with Gasteiger partial charge in [0.15, 0.2) is 5.50 Å². The molecule has 1 unspecified atom stereocenters. The topological polar surface area (TPSA) is 57.2 Å². The molecule has 0 radical (unpaired) electrons. The Hall–Kier alpha value is -1.53. The highest BCUT2D eigenvalue weighted by atomic mass is 32.2. The van der Waals surface area contributed by atoms with Crippen molar-refractivity contribution < 1.29 is 0 Å². The number of benzene rings is 1. The molecule has 0 saturated carbocycles. The van der Waals surface area contributed by atoms with Crippen LogP contribution in [0.4, 0.5) is 11.4 Å². The number of hydrogen-bond donors (Lipinski definition) is 1. The molecule has 1 aromatic carbocycles. The molecule has 21 heavy (non-hydrogen) atoms. The molecular weight excluding hydrogens is 282 g/mol. The van der Waals surface area contributed by atoms with Crippen molar-refractivity contribution in [3.05, 3.63) is 35.9 Å². The Labute approximate surface area is 130 Å². The van der Waals surface area contributed by atoms with Gasteiger partial charge in [-0.1, -0.05) is 11.8 Å². The lowest BCUT2D eigenvalue weighted by Gasteiger charge is -2.20. The molecule has 1 aliphatic rings. The Morgan fingerprint density at radius 2 is 2.00 bits per heavy atom. The average Bonchev–Trinajstić information content (AvgIpc) is 2.93. The van der Waals surface area contributed by atoms with Crippen LogP contribution in [-0.4, -0.2) is 37.6 Å². The number of nitrogens with zero attached hydrogens (tertiary/aromatic N) is 4. The van der Waals surface area contributed by atoms with Gasteiger partial charge < -0.3 is 15.5 Å². The Balaban J connectivity index is 1.90. The van der Waals surface area contributed by atoms with Crippen LogP contribution < -0.4 is 10.6 Å². The Morgan fingerprint density at radius 1 is 1.24 bits per heavy atom. The van der Waals surface area contributed by atoms with E-state index in [2.05, 4.69) is 31.6 Å². The fraction of sp³-hybridized carbons (Fsp3) is 0.467. The maximum absolute atomic E-state index is 5.53. The summed E-state index contributed by atoms with van der Waals surface area (Å²) >= 11 is 1.68. The van der Waals surface area contributed by atoms with E-state index in [4.69, 9.17) is 5.73 Å². The summed E-state index contributed by atoms with van der Waals surface area (Å²) in [5, 5.41) is 10.9. The third kappa shape index (κ3) is 4.75. The first-order valence-corrected chi connectivity index (χ1v) is 8.11. The van der Waals surface area contributed by atoms with Crippen molar-refractivity contribution in [3.63, 3.8) is 0 Å². The van der Waals surface area contributed by atoms with Crippen molar-refractivity contribution in [2.24, 2.45) is 16.0 Å².